The summed E-state index contributed by atoms with van der Waals surface area (Å²) in [4.78, 5) is 37.3. The van der Waals surface area contributed by atoms with Gasteiger partial charge in [0.25, 0.3) is 11.8 Å². The van der Waals surface area contributed by atoms with Crippen LogP contribution in [0, 0.1) is 0 Å². The quantitative estimate of drug-likeness (QED) is 0.613. The van der Waals surface area contributed by atoms with Gasteiger partial charge < -0.3 is 9.84 Å². The Bertz CT molecular complexity index is 905. The second-order valence-corrected chi connectivity index (χ2v) is 6.52. The molecule has 0 unspecified atom stereocenters. The van der Waals surface area contributed by atoms with Gasteiger partial charge in [-0.25, -0.2) is 10.2 Å². The highest BCUT2D eigenvalue weighted by Gasteiger charge is 2.26. The number of hydrogen-bond donors (Lipinski definition) is 2. The number of anilines is 1. The molecule has 0 radical (unpaired) electrons. The SMILES string of the molecule is C/C(=N/NC(=O)CN1C(=O)COc2ccccc21)c1ccc(C(=O)O)s1. The third-order valence-electron chi connectivity index (χ3n) is 3.63. The van der Waals surface area contributed by atoms with E-state index in [1.807, 2.05) is 0 Å². The number of amides is 2. The molecule has 1 aromatic carbocycles. The number of aromatic carboxylic acids is 1. The van der Waals surface area contributed by atoms with E-state index in [1.165, 1.54) is 11.0 Å². The number of para-hydroxylation sites is 2. The molecule has 0 atom stereocenters. The van der Waals surface area contributed by atoms with Gasteiger partial charge in [-0.3, -0.25) is 14.5 Å². The van der Waals surface area contributed by atoms with Gasteiger partial charge >= 0.3 is 5.97 Å². The molecule has 134 valence electrons. The summed E-state index contributed by atoms with van der Waals surface area (Å²) in [5, 5.41) is 12.9. The summed E-state index contributed by atoms with van der Waals surface area (Å²) >= 11 is 1.06. The fourth-order valence-corrected chi connectivity index (χ4v) is 3.14. The summed E-state index contributed by atoms with van der Waals surface area (Å²) < 4.78 is 5.33. The van der Waals surface area contributed by atoms with E-state index in [0.29, 0.717) is 22.0 Å². The van der Waals surface area contributed by atoms with Crippen LogP contribution in [0.2, 0.25) is 0 Å². The van der Waals surface area contributed by atoms with Gasteiger partial charge in [-0.15, -0.1) is 11.3 Å². The predicted octanol–water partition coefficient (Wildman–Crippen LogP) is 1.71. The number of thiophene rings is 1. The zero-order valence-corrected chi connectivity index (χ0v) is 14.6. The molecular formula is C17H15N3O5S. The van der Waals surface area contributed by atoms with Crippen LogP contribution < -0.4 is 15.1 Å². The molecular weight excluding hydrogens is 358 g/mol. The van der Waals surface area contributed by atoms with E-state index in [-0.39, 0.29) is 23.9 Å². The number of benzene rings is 1. The van der Waals surface area contributed by atoms with Crippen LogP contribution >= 0.6 is 11.3 Å². The molecule has 0 saturated heterocycles. The molecule has 8 nitrogen and oxygen atoms in total. The van der Waals surface area contributed by atoms with Gasteiger partial charge in [-0.2, -0.15) is 5.10 Å². The van der Waals surface area contributed by atoms with Crippen molar-refractivity contribution in [2.45, 2.75) is 6.92 Å². The molecule has 1 aliphatic rings. The third kappa shape index (κ3) is 3.72. The van der Waals surface area contributed by atoms with Crippen LogP contribution in [-0.2, 0) is 9.59 Å². The molecule has 2 aromatic rings. The second-order valence-electron chi connectivity index (χ2n) is 5.44. The van der Waals surface area contributed by atoms with Gasteiger partial charge in [-0.1, -0.05) is 12.1 Å². The van der Waals surface area contributed by atoms with Crippen LogP contribution in [0.5, 0.6) is 5.75 Å². The maximum Gasteiger partial charge on any atom is 0.345 e. The summed E-state index contributed by atoms with van der Waals surface area (Å²) in [6.07, 6.45) is 0. The topological polar surface area (TPSA) is 108 Å². The highest BCUT2D eigenvalue weighted by molar-refractivity contribution is 7.15. The van der Waals surface area contributed by atoms with Crippen molar-refractivity contribution in [2.75, 3.05) is 18.1 Å². The lowest BCUT2D eigenvalue weighted by atomic mass is 10.2. The standard InChI is InChI=1S/C17H15N3O5S/c1-10(13-6-7-14(26-13)17(23)24)18-19-15(21)8-20-11-4-2-3-5-12(11)25-9-16(20)22/h2-7H,8-9H2,1H3,(H,19,21)(H,23,24)/b18-10-. The van der Waals surface area contributed by atoms with Crippen molar-refractivity contribution in [3.05, 3.63) is 46.2 Å². The lowest BCUT2D eigenvalue weighted by Gasteiger charge is -2.28. The Morgan fingerprint density at radius 3 is 2.73 bits per heavy atom. The second kappa shape index (κ2) is 7.36. The largest absolute Gasteiger partial charge is 0.482 e. The number of hydrazone groups is 1. The summed E-state index contributed by atoms with van der Waals surface area (Å²) in [6.45, 7) is 1.34. The smallest absolute Gasteiger partial charge is 0.345 e. The van der Waals surface area contributed by atoms with Crippen molar-refractivity contribution in [3.63, 3.8) is 0 Å². The fraction of sp³-hybridized carbons (Fsp3) is 0.176. The summed E-state index contributed by atoms with van der Waals surface area (Å²) in [7, 11) is 0. The Labute approximate surface area is 152 Å². The predicted molar refractivity (Wildman–Crippen MR) is 95.9 cm³/mol. The number of carbonyl (C=O) groups is 3. The molecule has 26 heavy (non-hydrogen) atoms. The average Bonchev–Trinajstić information content (AvgIpc) is 3.13. The van der Waals surface area contributed by atoms with E-state index < -0.39 is 11.9 Å². The zero-order chi connectivity index (χ0) is 18.7. The number of ether oxygens (including phenoxy) is 1. The number of carboxylic acid groups (broad SMARTS) is 1. The van der Waals surface area contributed by atoms with E-state index in [1.54, 1.807) is 37.3 Å². The van der Waals surface area contributed by atoms with E-state index in [9.17, 15) is 14.4 Å². The Morgan fingerprint density at radius 2 is 2.00 bits per heavy atom. The first-order valence-corrected chi connectivity index (χ1v) is 8.46. The summed E-state index contributed by atoms with van der Waals surface area (Å²) in [5.41, 5.74) is 3.40. The number of rotatable bonds is 5. The van der Waals surface area contributed by atoms with Crippen LogP contribution in [0.4, 0.5) is 5.69 Å². The molecule has 0 spiro atoms. The van der Waals surface area contributed by atoms with Crippen molar-refractivity contribution >= 4 is 40.5 Å². The van der Waals surface area contributed by atoms with Crippen molar-refractivity contribution in [1.29, 1.82) is 0 Å². The third-order valence-corrected chi connectivity index (χ3v) is 4.81. The van der Waals surface area contributed by atoms with Crippen molar-refractivity contribution < 1.29 is 24.2 Å². The maximum atomic E-state index is 12.2. The number of hydrogen-bond acceptors (Lipinski definition) is 6. The lowest BCUT2D eigenvalue weighted by molar-refractivity contribution is -0.125. The first kappa shape index (κ1) is 17.6. The highest BCUT2D eigenvalue weighted by atomic mass is 32.1. The lowest BCUT2D eigenvalue weighted by Crippen LogP contribution is -2.44. The Hall–Kier alpha value is -3.20. The van der Waals surface area contributed by atoms with Crippen LogP contribution in [-0.4, -0.2) is 41.8 Å². The van der Waals surface area contributed by atoms with Crippen LogP contribution in [0.15, 0.2) is 41.5 Å². The molecule has 0 fully saturated rings. The van der Waals surface area contributed by atoms with Crippen LogP contribution in [0.25, 0.3) is 0 Å². The molecule has 2 amide bonds. The van der Waals surface area contributed by atoms with E-state index in [0.717, 1.165) is 11.3 Å². The summed E-state index contributed by atoms with van der Waals surface area (Å²) in [6, 6.07) is 10.1. The molecule has 0 bridgehead atoms. The molecule has 2 heterocycles. The van der Waals surface area contributed by atoms with Crippen molar-refractivity contribution in [2.24, 2.45) is 5.10 Å². The Kier molecular flexibility index (Phi) is 4.99. The van der Waals surface area contributed by atoms with Gasteiger partial charge in [0.05, 0.1) is 16.3 Å². The number of nitrogens with zero attached hydrogens (tertiary/aromatic N) is 2. The van der Waals surface area contributed by atoms with Crippen LogP contribution in [0.1, 0.15) is 21.5 Å². The molecule has 0 aliphatic carbocycles. The van der Waals surface area contributed by atoms with E-state index in [4.69, 9.17) is 9.84 Å². The van der Waals surface area contributed by atoms with Gasteiger partial charge in [0, 0.05) is 0 Å². The van der Waals surface area contributed by atoms with Gasteiger partial charge in [0.15, 0.2) is 6.61 Å². The number of fused-ring (bicyclic) bond motifs is 1. The van der Waals surface area contributed by atoms with E-state index >= 15 is 0 Å². The van der Waals surface area contributed by atoms with Gasteiger partial charge in [-0.05, 0) is 31.2 Å². The fourth-order valence-electron chi connectivity index (χ4n) is 2.35. The minimum atomic E-state index is -1.01. The monoisotopic (exact) mass is 373 g/mol. The van der Waals surface area contributed by atoms with Gasteiger partial charge in [0.1, 0.15) is 17.2 Å². The number of carboxylic acids is 1. The Morgan fingerprint density at radius 1 is 1.27 bits per heavy atom. The Balaban J connectivity index is 1.67. The minimum Gasteiger partial charge on any atom is -0.482 e. The molecule has 9 heteroatoms. The van der Waals surface area contributed by atoms with Crippen molar-refractivity contribution in [1.82, 2.24) is 5.43 Å². The summed E-state index contributed by atoms with van der Waals surface area (Å²) in [5.74, 6) is -1.25. The normalized spacial score (nSPS) is 13.8. The molecule has 1 aromatic heterocycles. The molecule has 2 N–H and O–H groups in total. The first-order chi connectivity index (χ1) is 12.5. The number of carbonyl (C=O) groups excluding carboxylic acids is 2. The average molecular weight is 373 g/mol. The first-order valence-electron chi connectivity index (χ1n) is 7.64. The van der Waals surface area contributed by atoms with E-state index in [2.05, 4.69) is 10.5 Å². The van der Waals surface area contributed by atoms with Gasteiger partial charge in [0.2, 0.25) is 0 Å². The highest BCUT2D eigenvalue weighted by Crippen LogP contribution is 2.31. The molecule has 3 rings (SSSR count). The molecule has 0 saturated carbocycles. The number of nitrogens with one attached hydrogen (secondary N) is 1. The van der Waals surface area contributed by atoms with Crippen molar-refractivity contribution in [3.8, 4) is 5.75 Å². The van der Waals surface area contributed by atoms with Crippen LogP contribution in [0.3, 0.4) is 0 Å². The molecule has 1 aliphatic heterocycles. The zero-order valence-electron chi connectivity index (χ0n) is 13.8. The maximum absolute atomic E-state index is 12.2. The minimum absolute atomic E-state index is 0.125.